The fourth-order valence-electron chi connectivity index (χ4n) is 1.85. The van der Waals surface area contributed by atoms with Crippen LogP contribution in [0.2, 0.25) is 0 Å². The van der Waals surface area contributed by atoms with E-state index in [2.05, 4.69) is 19.2 Å². The Labute approximate surface area is 104 Å². The van der Waals surface area contributed by atoms with Crippen LogP contribution >= 0.6 is 0 Å². The van der Waals surface area contributed by atoms with Crippen molar-refractivity contribution in [1.29, 1.82) is 0 Å². The summed E-state index contributed by atoms with van der Waals surface area (Å²) in [7, 11) is 0. The van der Waals surface area contributed by atoms with Crippen LogP contribution in [0.15, 0.2) is 18.2 Å². The number of aryl methyl sites for hydroxylation is 1. The van der Waals surface area contributed by atoms with Crippen LogP contribution in [-0.2, 0) is 0 Å². The molecule has 0 radical (unpaired) electrons. The summed E-state index contributed by atoms with van der Waals surface area (Å²) in [6, 6.07) is 5.94. The normalized spacial score (nSPS) is 11.5. The molecule has 17 heavy (non-hydrogen) atoms. The van der Waals surface area contributed by atoms with Crippen molar-refractivity contribution in [3.8, 4) is 0 Å². The molecule has 0 saturated carbocycles. The van der Waals surface area contributed by atoms with Gasteiger partial charge in [-0.15, -0.1) is 0 Å². The first-order valence-electron chi connectivity index (χ1n) is 6.27. The lowest BCUT2D eigenvalue weighted by atomic mass is 9.83. The second-order valence-electron chi connectivity index (χ2n) is 4.79. The van der Waals surface area contributed by atoms with Crippen LogP contribution < -0.4 is 11.1 Å². The van der Waals surface area contributed by atoms with Gasteiger partial charge >= 0.3 is 0 Å². The Bertz CT molecular complexity index is 351. The third kappa shape index (κ3) is 3.37. The number of nitrogens with one attached hydrogen (secondary N) is 1. The van der Waals surface area contributed by atoms with Gasteiger partial charge in [0.25, 0.3) is 0 Å². The zero-order chi connectivity index (χ0) is 12.9. The maximum absolute atomic E-state index is 9.49. The largest absolute Gasteiger partial charge is 0.399 e. The second-order valence-corrected chi connectivity index (χ2v) is 4.79. The summed E-state index contributed by atoms with van der Waals surface area (Å²) >= 11 is 0. The van der Waals surface area contributed by atoms with Gasteiger partial charge in [0, 0.05) is 23.3 Å². The molecule has 0 aliphatic rings. The van der Waals surface area contributed by atoms with Crippen molar-refractivity contribution < 1.29 is 5.11 Å². The molecular weight excluding hydrogens is 212 g/mol. The number of hydrogen-bond acceptors (Lipinski definition) is 3. The van der Waals surface area contributed by atoms with Crippen molar-refractivity contribution in [2.45, 2.75) is 33.6 Å². The van der Waals surface area contributed by atoms with Gasteiger partial charge in [-0.25, -0.2) is 0 Å². The van der Waals surface area contributed by atoms with Crippen molar-refractivity contribution in [3.05, 3.63) is 23.8 Å². The molecule has 0 aliphatic heterocycles. The first-order chi connectivity index (χ1) is 8.06. The maximum atomic E-state index is 9.49. The Balaban J connectivity index is 2.68. The Morgan fingerprint density at radius 3 is 2.41 bits per heavy atom. The van der Waals surface area contributed by atoms with Gasteiger partial charge in [-0.3, -0.25) is 0 Å². The Morgan fingerprint density at radius 2 is 1.94 bits per heavy atom. The van der Waals surface area contributed by atoms with E-state index < -0.39 is 0 Å². The Morgan fingerprint density at radius 1 is 1.29 bits per heavy atom. The van der Waals surface area contributed by atoms with Crippen molar-refractivity contribution >= 4 is 11.4 Å². The van der Waals surface area contributed by atoms with E-state index in [1.165, 1.54) is 0 Å². The highest BCUT2D eigenvalue weighted by Crippen LogP contribution is 2.26. The van der Waals surface area contributed by atoms with E-state index in [-0.39, 0.29) is 12.0 Å². The van der Waals surface area contributed by atoms with Crippen LogP contribution in [0.1, 0.15) is 32.3 Å². The number of nitrogen functional groups attached to an aromatic ring is 1. The number of aliphatic hydroxyl groups excluding tert-OH is 1. The van der Waals surface area contributed by atoms with E-state index in [1.807, 2.05) is 25.1 Å². The molecule has 1 aromatic carbocycles. The second kappa shape index (κ2) is 5.92. The summed E-state index contributed by atoms with van der Waals surface area (Å²) in [5.74, 6) is 0. The van der Waals surface area contributed by atoms with Gasteiger partial charge < -0.3 is 16.2 Å². The quantitative estimate of drug-likeness (QED) is 0.666. The van der Waals surface area contributed by atoms with Crippen LogP contribution in [0.5, 0.6) is 0 Å². The van der Waals surface area contributed by atoms with Crippen LogP contribution in [0.3, 0.4) is 0 Å². The minimum Gasteiger partial charge on any atom is -0.399 e. The lowest BCUT2D eigenvalue weighted by Crippen LogP contribution is -2.32. The van der Waals surface area contributed by atoms with E-state index >= 15 is 0 Å². The van der Waals surface area contributed by atoms with E-state index in [9.17, 15) is 5.11 Å². The minimum atomic E-state index is -0.0186. The molecule has 0 fully saturated rings. The molecule has 0 aromatic heterocycles. The van der Waals surface area contributed by atoms with Crippen molar-refractivity contribution in [3.63, 3.8) is 0 Å². The molecular formula is C14H24N2O. The van der Waals surface area contributed by atoms with Gasteiger partial charge in [0.15, 0.2) is 0 Å². The maximum Gasteiger partial charge on any atom is 0.0504 e. The monoisotopic (exact) mass is 236 g/mol. The lowest BCUT2D eigenvalue weighted by molar-refractivity contribution is 0.127. The number of aliphatic hydroxyl groups is 1. The number of hydrogen-bond donors (Lipinski definition) is 3. The first kappa shape index (κ1) is 13.8. The highest BCUT2D eigenvalue weighted by atomic mass is 16.3. The molecule has 3 nitrogen and oxygen atoms in total. The molecule has 4 N–H and O–H groups in total. The fourth-order valence-corrected chi connectivity index (χ4v) is 1.85. The number of anilines is 2. The van der Waals surface area contributed by atoms with Crippen molar-refractivity contribution in [2.24, 2.45) is 5.41 Å². The van der Waals surface area contributed by atoms with Gasteiger partial charge in [0.1, 0.15) is 0 Å². The van der Waals surface area contributed by atoms with Gasteiger partial charge in [-0.2, -0.15) is 0 Å². The molecule has 0 aliphatic carbocycles. The molecule has 0 bridgehead atoms. The molecule has 0 amide bonds. The van der Waals surface area contributed by atoms with Crippen LogP contribution in [0, 0.1) is 12.3 Å². The summed E-state index contributed by atoms with van der Waals surface area (Å²) in [5, 5.41) is 12.9. The van der Waals surface area contributed by atoms with E-state index in [1.54, 1.807) is 0 Å². The SMILES string of the molecule is CCC(CC)(CO)CNc1ccc(N)c(C)c1. The molecule has 0 spiro atoms. The topological polar surface area (TPSA) is 58.3 Å². The molecule has 96 valence electrons. The predicted molar refractivity (Wildman–Crippen MR) is 74.2 cm³/mol. The molecule has 1 aromatic rings. The number of nitrogens with two attached hydrogens (primary N) is 1. The number of rotatable bonds is 6. The average molecular weight is 236 g/mol. The zero-order valence-electron chi connectivity index (χ0n) is 11.1. The summed E-state index contributed by atoms with van der Waals surface area (Å²) in [4.78, 5) is 0. The zero-order valence-corrected chi connectivity index (χ0v) is 11.1. The summed E-state index contributed by atoms with van der Waals surface area (Å²) in [5.41, 5.74) is 8.72. The van der Waals surface area contributed by atoms with Crippen molar-refractivity contribution in [1.82, 2.24) is 0 Å². The average Bonchev–Trinajstić information content (AvgIpc) is 2.36. The molecule has 0 unspecified atom stereocenters. The van der Waals surface area contributed by atoms with Crippen molar-refractivity contribution in [2.75, 3.05) is 24.2 Å². The van der Waals surface area contributed by atoms with E-state index in [0.717, 1.165) is 36.3 Å². The van der Waals surface area contributed by atoms with Gasteiger partial charge in [0.05, 0.1) is 6.61 Å². The Kier molecular flexibility index (Phi) is 4.82. The van der Waals surface area contributed by atoms with E-state index in [0.29, 0.717) is 0 Å². The first-order valence-corrected chi connectivity index (χ1v) is 6.27. The molecule has 0 heterocycles. The third-order valence-electron chi connectivity index (χ3n) is 3.77. The summed E-state index contributed by atoms with van der Waals surface area (Å²) < 4.78 is 0. The van der Waals surface area contributed by atoms with Gasteiger partial charge in [-0.05, 0) is 43.5 Å². The molecule has 3 heteroatoms. The molecule has 1 rings (SSSR count). The fraction of sp³-hybridized carbons (Fsp3) is 0.571. The lowest BCUT2D eigenvalue weighted by Gasteiger charge is -2.30. The van der Waals surface area contributed by atoms with Crippen LogP contribution in [-0.4, -0.2) is 18.3 Å². The number of benzene rings is 1. The summed E-state index contributed by atoms with van der Waals surface area (Å²) in [6.45, 7) is 7.26. The smallest absolute Gasteiger partial charge is 0.0504 e. The third-order valence-corrected chi connectivity index (χ3v) is 3.77. The van der Waals surface area contributed by atoms with E-state index in [4.69, 9.17) is 5.73 Å². The summed E-state index contributed by atoms with van der Waals surface area (Å²) in [6.07, 6.45) is 1.95. The molecule has 0 saturated heterocycles. The predicted octanol–water partition coefficient (Wildman–Crippen LogP) is 2.79. The standard InChI is InChI=1S/C14H24N2O/c1-4-14(5-2,10-17)9-16-12-6-7-13(15)11(3)8-12/h6-8,16-17H,4-5,9-10,15H2,1-3H3. The van der Waals surface area contributed by atoms with Gasteiger partial charge in [0.2, 0.25) is 0 Å². The highest BCUT2D eigenvalue weighted by molar-refractivity contribution is 5.56. The van der Waals surface area contributed by atoms with Gasteiger partial charge in [-0.1, -0.05) is 13.8 Å². The van der Waals surface area contributed by atoms with Crippen LogP contribution in [0.25, 0.3) is 0 Å². The Hall–Kier alpha value is -1.22. The minimum absolute atomic E-state index is 0.0186. The van der Waals surface area contributed by atoms with Crippen LogP contribution in [0.4, 0.5) is 11.4 Å². The highest BCUT2D eigenvalue weighted by Gasteiger charge is 2.24. The molecule has 0 atom stereocenters.